The van der Waals surface area contributed by atoms with Crippen LogP contribution in [0.1, 0.15) is 11.6 Å². The number of hydrogen-bond acceptors (Lipinski definition) is 6. The highest BCUT2D eigenvalue weighted by Gasteiger charge is 2.26. The van der Waals surface area contributed by atoms with Gasteiger partial charge in [-0.05, 0) is 29.8 Å². The highest BCUT2D eigenvalue weighted by Crippen LogP contribution is 2.32. The molecule has 2 aliphatic heterocycles. The predicted octanol–water partition coefficient (Wildman–Crippen LogP) is 2.46. The molecule has 1 unspecified atom stereocenters. The zero-order valence-electron chi connectivity index (χ0n) is 15.8. The molecule has 0 radical (unpaired) electrons. The van der Waals surface area contributed by atoms with Crippen LogP contribution in [0.2, 0.25) is 5.02 Å². The van der Waals surface area contributed by atoms with Gasteiger partial charge in [-0.3, -0.25) is 4.90 Å². The van der Waals surface area contributed by atoms with E-state index in [2.05, 4.69) is 9.62 Å². The second-order valence-corrected chi connectivity index (χ2v) is 9.08. The average Bonchev–Trinajstić information content (AvgIpc) is 2.74. The third kappa shape index (κ3) is 4.84. The first-order chi connectivity index (χ1) is 14.0. The van der Waals surface area contributed by atoms with Crippen molar-refractivity contribution in [2.75, 3.05) is 46.1 Å². The third-order valence-electron chi connectivity index (χ3n) is 5.01. The van der Waals surface area contributed by atoms with Gasteiger partial charge in [0.2, 0.25) is 10.0 Å². The summed E-state index contributed by atoms with van der Waals surface area (Å²) >= 11 is 6.17. The van der Waals surface area contributed by atoms with Crippen LogP contribution >= 0.6 is 11.6 Å². The largest absolute Gasteiger partial charge is 0.486 e. The minimum Gasteiger partial charge on any atom is -0.486 e. The number of fused-ring (bicyclic) bond motifs is 1. The van der Waals surface area contributed by atoms with Crippen LogP contribution < -0.4 is 14.2 Å². The molecule has 4 rings (SSSR count). The van der Waals surface area contributed by atoms with Gasteiger partial charge in [0.15, 0.2) is 11.5 Å². The van der Waals surface area contributed by atoms with Gasteiger partial charge < -0.3 is 14.2 Å². The minimum atomic E-state index is -3.72. The first-order valence-corrected chi connectivity index (χ1v) is 11.4. The molecule has 0 amide bonds. The van der Waals surface area contributed by atoms with E-state index in [9.17, 15) is 8.42 Å². The van der Waals surface area contributed by atoms with Crippen molar-refractivity contribution in [3.63, 3.8) is 0 Å². The van der Waals surface area contributed by atoms with Crippen molar-refractivity contribution in [3.05, 3.63) is 53.1 Å². The molecule has 0 bridgehead atoms. The smallest absolute Gasteiger partial charge is 0.240 e. The van der Waals surface area contributed by atoms with Crippen LogP contribution in [0.3, 0.4) is 0 Å². The monoisotopic (exact) mass is 438 g/mol. The van der Waals surface area contributed by atoms with Crippen LogP contribution in [-0.2, 0) is 14.8 Å². The summed E-state index contributed by atoms with van der Waals surface area (Å²) in [6.45, 7) is 3.76. The van der Waals surface area contributed by atoms with Crippen molar-refractivity contribution in [2.45, 2.75) is 10.9 Å². The van der Waals surface area contributed by atoms with Crippen LogP contribution in [0, 0.1) is 0 Å². The molecular formula is C20H23ClN2O5S. The van der Waals surface area contributed by atoms with E-state index in [4.69, 9.17) is 25.8 Å². The summed E-state index contributed by atoms with van der Waals surface area (Å²) in [6, 6.07) is 12.0. The maximum Gasteiger partial charge on any atom is 0.240 e. The number of rotatable bonds is 6. The Morgan fingerprint density at radius 1 is 1.00 bits per heavy atom. The standard InChI is InChI=1S/C20H23ClN2O5S/c21-16-3-1-2-15(12-16)18(23-6-8-26-9-7-23)14-22-29(24,25)17-4-5-19-20(13-17)28-11-10-27-19/h1-5,12-13,18,22H,6-11,14H2. The van der Waals surface area contributed by atoms with Crippen LogP contribution in [0.25, 0.3) is 0 Å². The molecule has 9 heteroatoms. The number of nitrogens with one attached hydrogen (secondary N) is 1. The summed E-state index contributed by atoms with van der Waals surface area (Å²) in [6.07, 6.45) is 0. The molecule has 1 atom stereocenters. The van der Waals surface area contributed by atoms with Gasteiger partial charge in [-0.2, -0.15) is 0 Å². The van der Waals surface area contributed by atoms with E-state index >= 15 is 0 Å². The Labute approximate surface area is 175 Å². The van der Waals surface area contributed by atoms with Gasteiger partial charge in [0.1, 0.15) is 13.2 Å². The van der Waals surface area contributed by atoms with Crippen molar-refractivity contribution in [1.82, 2.24) is 9.62 Å². The summed E-state index contributed by atoms with van der Waals surface area (Å²) in [4.78, 5) is 2.36. The van der Waals surface area contributed by atoms with Gasteiger partial charge in [0.25, 0.3) is 0 Å². The van der Waals surface area contributed by atoms with Crippen LogP contribution in [0.5, 0.6) is 11.5 Å². The third-order valence-corrected chi connectivity index (χ3v) is 6.67. The minimum absolute atomic E-state index is 0.147. The molecule has 0 spiro atoms. The summed E-state index contributed by atoms with van der Waals surface area (Å²) in [5.41, 5.74) is 0.962. The van der Waals surface area contributed by atoms with E-state index in [1.807, 2.05) is 18.2 Å². The predicted molar refractivity (Wildman–Crippen MR) is 109 cm³/mol. The molecule has 2 aliphatic rings. The molecule has 0 aliphatic carbocycles. The molecule has 2 heterocycles. The lowest BCUT2D eigenvalue weighted by Crippen LogP contribution is -2.43. The zero-order valence-corrected chi connectivity index (χ0v) is 17.4. The lowest BCUT2D eigenvalue weighted by molar-refractivity contribution is 0.0172. The highest BCUT2D eigenvalue weighted by molar-refractivity contribution is 7.89. The summed E-state index contributed by atoms with van der Waals surface area (Å²) in [5, 5.41) is 0.621. The fraction of sp³-hybridized carbons (Fsp3) is 0.400. The average molecular weight is 439 g/mol. The number of ether oxygens (including phenoxy) is 3. The van der Waals surface area contributed by atoms with Gasteiger partial charge in [0.05, 0.1) is 18.1 Å². The lowest BCUT2D eigenvalue weighted by atomic mass is 10.1. The Balaban J connectivity index is 1.54. The molecule has 29 heavy (non-hydrogen) atoms. The van der Waals surface area contributed by atoms with Crippen molar-refractivity contribution >= 4 is 21.6 Å². The van der Waals surface area contributed by atoms with E-state index in [-0.39, 0.29) is 17.5 Å². The van der Waals surface area contributed by atoms with Crippen LogP contribution in [0.15, 0.2) is 47.4 Å². The lowest BCUT2D eigenvalue weighted by Gasteiger charge is -2.35. The van der Waals surface area contributed by atoms with Crippen molar-refractivity contribution < 1.29 is 22.6 Å². The van der Waals surface area contributed by atoms with Gasteiger partial charge in [-0.15, -0.1) is 0 Å². The van der Waals surface area contributed by atoms with E-state index in [0.717, 1.165) is 18.7 Å². The summed E-state index contributed by atoms with van der Waals surface area (Å²) in [5.74, 6) is 0.999. The number of nitrogens with zero attached hydrogens (tertiary/aromatic N) is 1. The second-order valence-electron chi connectivity index (χ2n) is 6.88. The zero-order chi connectivity index (χ0) is 20.3. The summed E-state index contributed by atoms with van der Waals surface area (Å²) < 4.78 is 45.0. The first kappa shape index (κ1) is 20.4. The Hall–Kier alpha value is -1.84. The molecule has 1 N–H and O–H groups in total. The van der Waals surface area contributed by atoms with E-state index < -0.39 is 10.0 Å². The van der Waals surface area contributed by atoms with E-state index in [0.29, 0.717) is 42.9 Å². The molecule has 0 saturated carbocycles. The molecule has 2 aromatic carbocycles. The second kappa shape index (κ2) is 8.89. The number of halogens is 1. The Morgan fingerprint density at radius 3 is 2.52 bits per heavy atom. The summed E-state index contributed by atoms with van der Waals surface area (Å²) in [7, 11) is -3.72. The van der Waals surface area contributed by atoms with Crippen molar-refractivity contribution in [1.29, 1.82) is 0 Å². The number of sulfonamides is 1. The number of morpholine rings is 1. The fourth-order valence-electron chi connectivity index (χ4n) is 3.52. The first-order valence-electron chi connectivity index (χ1n) is 9.49. The normalized spacial score (nSPS) is 18.4. The van der Waals surface area contributed by atoms with Gasteiger partial charge in [-0.25, -0.2) is 13.1 Å². The van der Waals surface area contributed by atoms with Crippen molar-refractivity contribution in [2.24, 2.45) is 0 Å². The maximum absolute atomic E-state index is 12.9. The van der Waals surface area contributed by atoms with E-state index in [1.54, 1.807) is 12.1 Å². The number of hydrogen-bond donors (Lipinski definition) is 1. The molecule has 2 aromatic rings. The molecule has 7 nitrogen and oxygen atoms in total. The Bertz CT molecular complexity index is 963. The van der Waals surface area contributed by atoms with E-state index in [1.165, 1.54) is 12.1 Å². The SMILES string of the molecule is O=S(=O)(NCC(c1cccc(Cl)c1)N1CCOCC1)c1ccc2c(c1)OCCO2. The topological polar surface area (TPSA) is 77.1 Å². The molecule has 0 aromatic heterocycles. The molecular weight excluding hydrogens is 416 g/mol. The quantitative estimate of drug-likeness (QED) is 0.746. The Morgan fingerprint density at radius 2 is 1.76 bits per heavy atom. The molecule has 1 fully saturated rings. The van der Waals surface area contributed by atoms with Gasteiger partial charge >= 0.3 is 0 Å². The molecule has 1 saturated heterocycles. The Kier molecular flexibility index (Phi) is 6.26. The van der Waals surface area contributed by atoms with Crippen molar-refractivity contribution in [3.8, 4) is 11.5 Å². The number of benzene rings is 2. The fourth-order valence-corrected chi connectivity index (χ4v) is 4.78. The van der Waals surface area contributed by atoms with Gasteiger partial charge in [0, 0.05) is 36.8 Å². The highest BCUT2D eigenvalue weighted by atomic mass is 35.5. The molecule has 156 valence electrons. The van der Waals surface area contributed by atoms with Crippen LogP contribution in [-0.4, -0.2) is 59.4 Å². The van der Waals surface area contributed by atoms with Crippen LogP contribution in [0.4, 0.5) is 0 Å². The van der Waals surface area contributed by atoms with Gasteiger partial charge in [-0.1, -0.05) is 23.7 Å². The maximum atomic E-state index is 12.9.